The van der Waals surface area contributed by atoms with Crippen molar-refractivity contribution in [3.8, 4) is 0 Å². The quantitative estimate of drug-likeness (QED) is 0.589. The number of carbonyl (C=O) groups is 2. The van der Waals surface area contributed by atoms with Crippen molar-refractivity contribution in [2.24, 2.45) is 5.73 Å². The Labute approximate surface area is 155 Å². The number of carboxylic acid groups (broad SMARTS) is 1. The molecule has 4 rings (SSSR count). The van der Waals surface area contributed by atoms with Gasteiger partial charge < -0.3 is 21.5 Å². The Hall–Kier alpha value is -3.19. The number of rotatable bonds is 5. The standard InChI is InChI=1S/C17H17N6O3P/c18-15-14(16(19)26)21-11(5-20-15)9-6-23(7-9)17-22-10-2-1-8(4-13(24)25)3-12(10)27-17/h1-3,5,9,27H,4,6-7H2,(H2,18,20)(H2,19,26)(H,24,25). The molecule has 5 N–H and O–H groups in total. The van der Waals surface area contributed by atoms with Crippen molar-refractivity contribution in [1.82, 2.24) is 15.0 Å². The van der Waals surface area contributed by atoms with Gasteiger partial charge in [-0.3, -0.25) is 9.59 Å². The van der Waals surface area contributed by atoms with Crippen molar-refractivity contribution in [3.05, 3.63) is 41.3 Å². The summed E-state index contributed by atoms with van der Waals surface area (Å²) in [5, 5.41) is 9.99. The second-order valence-electron chi connectivity index (χ2n) is 6.48. The number of anilines is 2. The van der Waals surface area contributed by atoms with Crippen LogP contribution < -0.4 is 16.4 Å². The molecule has 1 aliphatic rings. The van der Waals surface area contributed by atoms with E-state index in [1.807, 2.05) is 12.1 Å². The highest BCUT2D eigenvalue weighted by Crippen LogP contribution is 2.39. The summed E-state index contributed by atoms with van der Waals surface area (Å²) in [6, 6.07) is 5.59. The zero-order valence-electron chi connectivity index (χ0n) is 14.2. The molecular weight excluding hydrogens is 367 g/mol. The van der Waals surface area contributed by atoms with Crippen LogP contribution in [0.2, 0.25) is 0 Å². The van der Waals surface area contributed by atoms with Crippen LogP contribution in [0, 0.1) is 0 Å². The number of aromatic nitrogens is 3. The molecule has 1 amide bonds. The van der Waals surface area contributed by atoms with E-state index in [4.69, 9.17) is 16.6 Å². The van der Waals surface area contributed by atoms with Gasteiger partial charge in [0.15, 0.2) is 11.5 Å². The van der Waals surface area contributed by atoms with Crippen LogP contribution in [0.1, 0.15) is 27.7 Å². The number of nitrogens with two attached hydrogens (primary N) is 2. The number of aliphatic carboxylic acids is 1. The van der Waals surface area contributed by atoms with Crippen LogP contribution in [-0.4, -0.2) is 45.0 Å². The van der Waals surface area contributed by atoms with E-state index >= 15 is 0 Å². The molecule has 1 aliphatic heterocycles. The molecule has 0 saturated carbocycles. The lowest BCUT2D eigenvalue weighted by Crippen LogP contribution is -2.45. The topological polar surface area (TPSA) is 148 Å². The minimum atomic E-state index is -0.844. The predicted molar refractivity (Wildman–Crippen MR) is 103 cm³/mol. The van der Waals surface area contributed by atoms with Crippen LogP contribution in [0.4, 0.5) is 11.4 Å². The van der Waals surface area contributed by atoms with E-state index in [1.54, 1.807) is 12.3 Å². The minimum absolute atomic E-state index is 0.00407. The molecule has 138 valence electrons. The Morgan fingerprint density at radius 3 is 2.78 bits per heavy atom. The van der Waals surface area contributed by atoms with Gasteiger partial charge in [0.05, 0.1) is 23.8 Å². The molecule has 10 heteroatoms. The molecule has 1 saturated heterocycles. The third-order valence-electron chi connectivity index (χ3n) is 4.54. The fourth-order valence-electron chi connectivity index (χ4n) is 3.11. The molecular formula is C17H17N6O3P. The minimum Gasteiger partial charge on any atom is -0.481 e. The highest BCUT2D eigenvalue weighted by atomic mass is 31.0. The molecule has 9 nitrogen and oxygen atoms in total. The maximum absolute atomic E-state index is 11.4. The van der Waals surface area contributed by atoms with Crippen LogP contribution in [0.15, 0.2) is 24.4 Å². The zero-order chi connectivity index (χ0) is 19.1. The first-order chi connectivity index (χ1) is 12.9. The van der Waals surface area contributed by atoms with Gasteiger partial charge >= 0.3 is 5.97 Å². The first kappa shape index (κ1) is 17.2. The van der Waals surface area contributed by atoms with Crippen LogP contribution >= 0.6 is 8.19 Å². The highest BCUT2D eigenvalue weighted by molar-refractivity contribution is 7.41. The molecule has 1 aromatic carbocycles. The van der Waals surface area contributed by atoms with Crippen LogP contribution in [0.5, 0.6) is 0 Å². The van der Waals surface area contributed by atoms with Gasteiger partial charge in [0, 0.05) is 24.1 Å². The van der Waals surface area contributed by atoms with Gasteiger partial charge in [-0.25, -0.2) is 15.0 Å². The summed E-state index contributed by atoms with van der Waals surface area (Å²) in [6.07, 6.45) is 1.59. The molecule has 27 heavy (non-hydrogen) atoms. The van der Waals surface area contributed by atoms with Gasteiger partial charge in [0.1, 0.15) is 5.55 Å². The molecule has 3 heterocycles. The van der Waals surface area contributed by atoms with Crippen molar-refractivity contribution in [2.45, 2.75) is 12.3 Å². The molecule has 0 spiro atoms. The number of nitrogen functional groups attached to an aromatic ring is 1. The van der Waals surface area contributed by atoms with E-state index in [2.05, 4.69) is 19.9 Å². The number of fused-ring (bicyclic) bond motifs is 1. The van der Waals surface area contributed by atoms with Gasteiger partial charge in [-0.05, 0) is 17.7 Å². The lowest BCUT2D eigenvalue weighted by atomic mass is 9.97. The Balaban J connectivity index is 1.50. The van der Waals surface area contributed by atoms with E-state index < -0.39 is 11.9 Å². The van der Waals surface area contributed by atoms with Gasteiger partial charge in [-0.15, -0.1) is 0 Å². The fourth-order valence-corrected chi connectivity index (χ4v) is 4.39. The average molecular weight is 384 g/mol. The summed E-state index contributed by atoms with van der Waals surface area (Å²) in [5.74, 6) is -1.36. The Kier molecular flexibility index (Phi) is 4.16. The summed E-state index contributed by atoms with van der Waals surface area (Å²) in [4.78, 5) is 37.3. The monoisotopic (exact) mass is 384 g/mol. The lowest BCUT2D eigenvalue weighted by molar-refractivity contribution is -0.136. The summed E-state index contributed by atoms with van der Waals surface area (Å²) in [7, 11) is 0.394. The molecule has 1 fully saturated rings. The first-order valence-electron chi connectivity index (χ1n) is 8.28. The Morgan fingerprint density at radius 1 is 1.30 bits per heavy atom. The average Bonchev–Trinajstić information content (AvgIpc) is 2.96. The second-order valence-corrected chi connectivity index (χ2v) is 7.71. The normalized spacial score (nSPS) is 14.6. The van der Waals surface area contributed by atoms with Gasteiger partial charge in [-0.2, -0.15) is 0 Å². The second kappa shape index (κ2) is 6.51. The SMILES string of the molecule is NC(=O)c1nc(C2CN(c3nc4ccc(CC(=O)O)cc4[pH]3)C2)cnc1N. The zero-order valence-corrected chi connectivity index (χ0v) is 15.2. The smallest absolute Gasteiger partial charge is 0.307 e. The maximum atomic E-state index is 11.4. The number of carboxylic acids is 1. The number of hydrogen-bond acceptors (Lipinski definition) is 7. The number of amides is 1. The van der Waals surface area contributed by atoms with Gasteiger partial charge in [0.25, 0.3) is 5.91 Å². The Morgan fingerprint density at radius 2 is 2.07 bits per heavy atom. The third-order valence-corrected chi connectivity index (χ3v) is 5.86. The molecule has 0 radical (unpaired) electrons. The lowest BCUT2D eigenvalue weighted by Gasteiger charge is -2.39. The molecule has 2 aromatic heterocycles. The maximum Gasteiger partial charge on any atom is 0.307 e. The number of benzene rings is 1. The van der Waals surface area contributed by atoms with E-state index in [9.17, 15) is 9.59 Å². The van der Waals surface area contributed by atoms with Crippen molar-refractivity contribution in [3.63, 3.8) is 0 Å². The molecule has 0 bridgehead atoms. The summed E-state index contributed by atoms with van der Waals surface area (Å²) in [5.41, 5.74) is 14.3. The van der Waals surface area contributed by atoms with Gasteiger partial charge in [-0.1, -0.05) is 14.3 Å². The first-order valence-corrected chi connectivity index (χ1v) is 9.28. The number of carbonyl (C=O) groups excluding carboxylic acids is 1. The Bertz CT molecular complexity index is 1060. The van der Waals surface area contributed by atoms with Crippen LogP contribution in [-0.2, 0) is 11.2 Å². The van der Waals surface area contributed by atoms with E-state index in [0.717, 1.165) is 34.8 Å². The van der Waals surface area contributed by atoms with Crippen LogP contribution in [0.25, 0.3) is 10.6 Å². The molecule has 1 atom stereocenters. The van der Waals surface area contributed by atoms with E-state index in [-0.39, 0.29) is 23.9 Å². The van der Waals surface area contributed by atoms with Crippen molar-refractivity contribution in [1.29, 1.82) is 0 Å². The van der Waals surface area contributed by atoms with Crippen LogP contribution in [0.3, 0.4) is 0 Å². The summed E-state index contributed by atoms with van der Waals surface area (Å²) >= 11 is 0. The molecule has 1 unspecified atom stereocenters. The van der Waals surface area contributed by atoms with Gasteiger partial charge in [0.2, 0.25) is 0 Å². The summed E-state index contributed by atoms with van der Waals surface area (Å²) < 4.78 is 0. The number of nitrogens with zero attached hydrogens (tertiary/aromatic N) is 4. The highest BCUT2D eigenvalue weighted by Gasteiger charge is 2.31. The number of primary amides is 1. The van der Waals surface area contributed by atoms with E-state index in [0.29, 0.717) is 13.9 Å². The predicted octanol–water partition coefficient (Wildman–Crippen LogP) is 0.968. The fraction of sp³-hybridized carbons (Fsp3) is 0.235. The summed E-state index contributed by atoms with van der Waals surface area (Å²) in [6.45, 7) is 1.44. The number of hydrogen-bond donors (Lipinski definition) is 3. The van der Waals surface area contributed by atoms with E-state index in [1.165, 1.54) is 0 Å². The molecule has 3 aromatic rings. The molecule has 0 aliphatic carbocycles. The van der Waals surface area contributed by atoms with Crippen molar-refractivity contribution < 1.29 is 14.7 Å². The third kappa shape index (κ3) is 3.29. The van der Waals surface area contributed by atoms with Crippen molar-refractivity contribution >= 4 is 42.1 Å². The van der Waals surface area contributed by atoms with Crippen molar-refractivity contribution in [2.75, 3.05) is 23.7 Å². The largest absolute Gasteiger partial charge is 0.481 e.